The molecule has 1 aromatic carbocycles. The Balaban J connectivity index is 1.65. The van der Waals surface area contributed by atoms with Crippen LogP contribution in [0.3, 0.4) is 0 Å². The lowest BCUT2D eigenvalue weighted by Crippen LogP contribution is -2.23. The van der Waals surface area contributed by atoms with Crippen molar-refractivity contribution in [3.05, 3.63) is 65.9 Å². The van der Waals surface area contributed by atoms with E-state index in [0.29, 0.717) is 6.54 Å². The molecule has 0 fully saturated rings. The number of aromatic hydroxyl groups is 1. The maximum atomic E-state index is 12.0. The number of amides is 1. The topological polar surface area (TPSA) is 90.9 Å². The van der Waals surface area contributed by atoms with Crippen LogP contribution in [0, 0.1) is 6.92 Å². The zero-order valence-corrected chi connectivity index (χ0v) is 12.6. The molecule has 0 saturated heterocycles. The third-order valence-corrected chi connectivity index (χ3v) is 3.50. The van der Waals surface area contributed by atoms with Gasteiger partial charge in [-0.15, -0.1) is 0 Å². The highest BCUT2D eigenvalue weighted by Gasteiger charge is 2.08. The minimum atomic E-state index is -0.325. The van der Waals surface area contributed by atoms with Crippen molar-refractivity contribution in [2.24, 2.45) is 0 Å². The van der Waals surface area contributed by atoms with Gasteiger partial charge in [-0.2, -0.15) is 0 Å². The first kappa shape index (κ1) is 14.8. The summed E-state index contributed by atoms with van der Waals surface area (Å²) in [5.41, 5.74) is 4.14. The standard InChI is InChI=1S/C17H16N4O2/c1-11-16(21-10-20-11)13-4-2-12(3-5-13)9-19-17(23)15-8-14(22)6-7-18-15/h2-8,10H,9H2,1H3,(H,18,22)(H,19,23)(H,20,21). The first-order valence-corrected chi connectivity index (χ1v) is 7.16. The third kappa shape index (κ3) is 3.37. The molecule has 0 aliphatic rings. The third-order valence-electron chi connectivity index (χ3n) is 3.50. The molecule has 0 saturated carbocycles. The largest absolute Gasteiger partial charge is 0.508 e. The summed E-state index contributed by atoms with van der Waals surface area (Å²) in [5.74, 6) is -0.307. The second kappa shape index (κ2) is 6.31. The molecule has 0 aliphatic heterocycles. The second-order valence-electron chi connectivity index (χ2n) is 5.14. The molecule has 3 rings (SSSR count). The van der Waals surface area contributed by atoms with Crippen LogP contribution in [0.1, 0.15) is 21.7 Å². The van der Waals surface area contributed by atoms with Crippen molar-refractivity contribution in [1.82, 2.24) is 20.3 Å². The first-order chi connectivity index (χ1) is 11.1. The molecule has 0 aliphatic carbocycles. The Labute approximate surface area is 133 Å². The highest BCUT2D eigenvalue weighted by Crippen LogP contribution is 2.20. The van der Waals surface area contributed by atoms with E-state index < -0.39 is 0 Å². The number of pyridine rings is 1. The molecule has 3 aromatic rings. The fourth-order valence-corrected chi connectivity index (χ4v) is 2.26. The highest BCUT2D eigenvalue weighted by atomic mass is 16.3. The number of nitrogens with one attached hydrogen (secondary N) is 2. The molecule has 0 atom stereocenters. The number of carbonyl (C=O) groups is 1. The van der Waals surface area contributed by atoms with E-state index in [9.17, 15) is 9.90 Å². The zero-order chi connectivity index (χ0) is 16.2. The van der Waals surface area contributed by atoms with E-state index in [-0.39, 0.29) is 17.4 Å². The number of benzene rings is 1. The van der Waals surface area contributed by atoms with Crippen LogP contribution < -0.4 is 5.32 Å². The first-order valence-electron chi connectivity index (χ1n) is 7.16. The quantitative estimate of drug-likeness (QED) is 0.690. The van der Waals surface area contributed by atoms with Gasteiger partial charge in [0.1, 0.15) is 11.4 Å². The minimum Gasteiger partial charge on any atom is -0.508 e. The SMILES string of the molecule is Cc1nc[nH]c1-c1ccc(CNC(=O)c2cc(O)ccn2)cc1. The summed E-state index contributed by atoms with van der Waals surface area (Å²) in [6.45, 7) is 2.33. The van der Waals surface area contributed by atoms with Crippen LogP contribution in [0.4, 0.5) is 0 Å². The maximum absolute atomic E-state index is 12.0. The van der Waals surface area contributed by atoms with E-state index in [4.69, 9.17) is 0 Å². The molecule has 0 bridgehead atoms. The van der Waals surface area contributed by atoms with E-state index in [2.05, 4.69) is 20.3 Å². The summed E-state index contributed by atoms with van der Waals surface area (Å²) in [7, 11) is 0. The number of imidazole rings is 1. The van der Waals surface area contributed by atoms with Crippen molar-refractivity contribution < 1.29 is 9.90 Å². The van der Waals surface area contributed by atoms with Gasteiger partial charge < -0.3 is 15.4 Å². The summed E-state index contributed by atoms with van der Waals surface area (Å²) in [5, 5.41) is 12.1. The molecule has 0 radical (unpaired) electrons. The molecular formula is C17H16N4O2. The lowest BCUT2D eigenvalue weighted by Gasteiger charge is -2.06. The summed E-state index contributed by atoms with van der Waals surface area (Å²) in [4.78, 5) is 23.2. The number of aromatic amines is 1. The average molecular weight is 308 g/mol. The van der Waals surface area contributed by atoms with Crippen molar-refractivity contribution in [3.8, 4) is 17.0 Å². The number of H-pyrrole nitrogens is 1. The van der Waals surface area contributed by atoms with Crippen molar-refractivity contribution in [3.63, 3.8) is 0 Å². The van der Waals surface area contributed by atoms with Crippen molar-refractivity contribution >= 4 is 5.91 Å². The number of carbonyl (C=O) groups excluding carboxylic acids is 1. The normalized spacial score (nSPS) is 10.5. The number of nitrogens with zero attached hydrogens (tertiary/aromatic N) is 2. The second-order valence-corrected chi connectivity index (χ2v) is 5.14. The van der Waals surface area contributed by atoms with Crippen LogP contribution in [-0.4, -0.2) is 26.0 Å². The lowest BCUT2D eigenvalue weighted by atomic mass is 10.1. The fraction of sp³-hybridized carbons (Fsp3) is 0.118. The Hall–Kier alpha value is -3.15. The van der Waals surface area contributed by atoms with Crippen LogP contribution in [0.5, 0.6) is 5.75 Å². The molecule has 23 heavy (non-hydrogen) atoms. The minimum absolute atomic E-state index is 0.0180. The lowest BCUT2D eigenvalue weighted by molar-refractivity contribution is 0.0945. The van der Waals surface area contributed by atoms with Gasteiger partial charge in [-0.1, -0.05) is 24.3 Å². The number of rotatable bonds is 4. The van der Waals surface area contributed by atoms with Gasteiger partial charge in [0, 0.05) is 18.8 Å². The fourth-order valence-electron chi connectivity index (χ4n) is 2.26. The Morgan fingerprint density at radius 1 is 1.22 bits per heavy atom. The van der Waals surface area contributed by atoms with Gasteiger partial charge >= 0.3 is 0 Å². The molecule has 0 unspecified atom stereocenters. The van der Waals surface area contributed by atoms with Crippen LogP contribution in [0.25, 0.3) is 11.3 Å². The number of hydrogen-bond donors (Lipinski definition) is 3. The van der Waals surface area contributed by atoms with Gasteiger partial charge in [0.15, 0.2) is 0 Å². The molecule has 6 heteroatoms. The van der Waals surface area contributed by atoms with Crippen LogP contribution in [0.15, 0.2) is 48.9 Å². The Morgan fingerprint density at radius 2 is 2.00 bits per heavy atom. The Kier molecular flexibility index (Phi) is 4.05. The maximum Gasteiger partial charge on any atom is 0.270 e. The summed E-state index contributed by atoms with van der Waals surface area (Å²) >= 11 is 0. The summed E-state index contributed by atoms with van der Waals surface area (Å²) in [6, 6.07) is 10.6. The van der Waals surface area contributed by atoms with E-state index in [1.807, 2.05) is 31.2 Å². The predicted molar refractivity (Wildman–Crippen MR) is 85.8 cm³/mol. The van der Waals surface area contributed by atoms with Crippen molar-refractivity contribution in [2.75, 3.05) is 0 Å². The van der Waals surface area contributed by atoms with Crippen molar-refractivity contribution in [1.29, 1.82) is 0 Å². The molecule has 2 heterocycles. The van der Waals surface area contributed by atoms with Gasteiger partial charge in [-0.25, -0.2) is 4.98 Å². The van der Waals surface area contributed by atoms with Crippen LogP contribution in [0.2, 0.25) is 0 Å². The number of hydrogen-bond acceptors (Lipinski definition) is 4. The predicted octanol–water partition coefficient (Wildman–Crippen LogP) is 2.42. The Morgan fingerprint density at radius 3 is 2.65 bits per heavy atom. The molecule has 2 aromatic heterocycles. The summed E-state index contributed by atoms with van der Waals surface area (Å²) in [6.07, 6.45) is 3.06. The van der Waals surface area contributed by atoms with Crippen LogP contribution >= 0.6 is 0 Å². The molecular weight excluding hydrogens is 292 g/mol. The van der Waals surface area contributed by atoms with Gasteiger partial charge in [-0.05, 0) is 24.1 Å². The van der Waals surface area contributed by atoms with Gasteiger partial charge in [0.25, 0.3) is 5.91 Å². The molecule has 116 valence electrons. The molecule has 1 amide bonds. The Bertz CT molecular complexity index is 825. The van der Waals surface area contributed by atoms with E-state index in [1.54, 1.807) is 6.33 Å². The highest BCUT2D eigenvalue weighted by molar-refractivity contribution is 5.92. The molecule has 3 N–H and O–H groups in total. The molecule has 6 nitrogen and oxygen atoms in total. The zero-order valence-electron chi connectivity index (χ0n) is 12.6. The number of aromatic nitrogens is 3. The van der Waals surface area contributed by atoms with E-state index in [0.717, 1.165) is 22.5 Å². The smallest absolute Gasteiger partial charge is 0.270 e. The van der Waals surface area contributed by atoms with Gasteiger partial charge in [0.2, 0.25) is 0 Å². The molecule has 0 spiro atoms. The van der Waals surface area contributed by atoms with E-state index >= 15 is 0 Å². The van der Waals surface area contributed by atoms with Gasteiger partial charge in [0.05, 0.1) is 17.7 Å². The van der Waals surface area contributed by atoms with Gasteiger partial charge in [-0.3, -0.25) is 9.78 Å². The summed E-state index contributed by atoms with van der Waals surface area (Å²) < 4.78 is 0. The van der Waals surface area contributed by atoms with Crippen molar-refractivity contribution in [2.45, 2.75) is 13.5 Å². The van der Waals surface area contributed by atoms with Crippen LogP contribution in [-0.2, 0) is 6.54 Å². The van der Waals surface area contributed by atoms with E-state index in [1.165, 1.54) is 18.3 Å². The average Bonchev–Trinajstić information content (AvgIpc) is 2.99. The number of aryl methyl sites for hydroxylation is 1. The monoisotopic (exact) mass is 308 g/mol.